The molecule has 3 heterocycles. The van der Waals surface area contributed by atoms with Crippen LogP contribution in [0.5, 0.6) is 0 Å². The van der Waals surface area contributed by atoms with Gasteiger partial charge in [0.2, 0.25) is 5.89 Å². The fourth-order valence-electron chi connectivity index (χ4n) is 3.98. The summed E-state index contributed by atoms with van der Waals surface area (Å²) in [4.78, 5) is 6.73. The van der Waals surface area contributed by atoms with E-state index in [4.69, 9.17) is 9.52 Å². The van der Waals surface area contributed by atoms with Crippen LogP contribution in [0.3, 0.4) is 0 Å². The van der Waals surface area contributed by atoms with Gasteiger partial charge in [-0.3, -0.25) is 4.68 Å². The maximum absolute atomic E-state index is 13.7. The first kappa shape index (κ1) is 21.1. The molecule has 0 N–H and O–H groups in total. The lowest BCUT2D eigenvalue weighted by Crippen LogP contribution is -2.30. The number of hydrogen-bond donors (Lipinski definition) is 0. The lowest BCUT2D eigenvalue weighted by molar-refractivity contribution is 0.347. The molecule has 6 heteroatoms. The Morgan fingerprint density at radius 3 is 2.71 bits per heavy atom. The average molecular weight is 421 g/mol. The Morgan fingerprint density at radius 1 is 1.26 bits per heavy atom. The van der Waals surface area contributed by atoms with E-state index < -0.39 is 0 Å². The summed E-state index contributed by atoms with van der Waals surface area (Å²) in [6, 6.07) is 7.28. The standard InChI is InChI=1S/C25H29FN4O/c1-5-21-14-24(20-7-8-23(26)17(3)13-20)28-30(21)16-22(6-2)29-11-9-19(10-12-29)25-27-15-18(4)31-25/h6-9,13-15H,5,10-12,16H2,1-4H3/b22-6+. The van der Waals surface area contributed by atoms with Crippen molar-refractivity contribution >= 4 is 5.57 Å². The number of halogens is 1. The van der Waals surface area contributed by atoms with E-state index in [0.29, 0.717) is 12.1 Å². The molecule has 1 aromatic carbocycles. The van der Waals surface area contributed by atoms with Crippen molar-refractivity contribution in [2.24, 2.45) is 0 Å². The highest BCUT2D eigenvalue weighted by molar-refractivity contribution is 5.61. The molecule has 0 atom stereocenters. The van der Waals surface area contributed by atoms with Gasteiger partial charge < -0.3 is 9.32 Å². The quantitative estimate of drug-likeness (QED) is 0.525. The topological polar surface area (TPSA) is 47.1 Å². The predicted molar refractivity (Wildman–Crippen MR) is 121 cm³/mol. The third-order valence-corrected chi connectivity index (χ3v) is 5.84. The molecule has 0 bridgehead atoms. The first-order valence-corrected chi connectivity index (χ1v) is 10.8. The molecule has 1 aliphatic heterocycles. The number of rotatable bonds is 6. The van der Waals surface area contributed by atoms with Crippen molar-refractivity contribution in [1.82, 2.24) is 19.7 Å². The van der Waals surface area contributed by atoms with Gasteiger partial charge in [-0.05, 0) is 63.4 Å². The van der Waals surface area contributed by atoms with E-state index in [9.17, 15) is 4.39 Å². The number of aromatic nitrogens is 3. The van der Waals surface area contributed by atoms with Gasteiger partial charge in [-0.1, -0.05) is 19.1 Å². The zero-order chi connectivity index (χ0) is 22.0. The summed E-state index contributed by atoms with van der Waals surface area (Å²) in [5, 5.41) is 4.86. The first-order valence-electron chi connectivity index (χ1n) is 10.8. The zero-order valence-electron chi connectivity index (χ0n) is 18.7. The largest absolute Gasteiger partial charge is 0.442 e. The number of hydrogen-bond acceptors (Lipinski definition) is 4. The van der Waals surface area contributed by atoms with Crippen molar-refractivity contribution in [3.8, 4) is 11.3 Å². The fourth-order valence-corrected chi connectivity index (χ4v) is 3.98. The molecule has 5 nitrogen and oxygen atoms in total. The normalized spacial score (nSPS) is 14.8. The molecule has 31 heavy (non-hydrogen) atoms. The Morgan fingerprint density at radius 2 is 2.10 bits per heavy atom. The molecule has 0 aliphatic carbocycles. The maximum Gasteiger partial charge on any atom is 0.221 e. The summed E-state index contributed by atoms with van der Waals surface area (Å²) >= 11 is 0. The van der Waals surface area contributed by atoms with E-state index in [2.05, 4.69) is 46.6 Å². The number of nitrogens with zero attached hydrogens (tertiary/aromatic N) is 4. The van der Waals surface area contributed by atoms with Crippen molar-refractivity contribution in [2.75, 3.05) is 13.1 Å². The van der Waals surface area contributed by atoms with Gasteiger partial charge >= 0.3 is 0 Å². The average Bonchev–Trinajstić information content (AvgIpc) is 3.40. The molecular weight excluding hydrogens is 391 g/mol. The van der Waals surface area contributed by atoms with Crippen molar-refractivity contribution in [2.45, 2.75) is 47.1 Å². The van der Waals surface area contributed by atoms with E-state index in [1.54, 1.807) is 19.2 Å². The number of aryl methyl sites for hydroxylation is 3. The third kappa shape index (κ3) is 4.48. The molecule has 0 unspecified atom stereocenters. The molecule has 0 spiro atoms. The molecule has 1 aliphatic rings. The smallest absolute Gasteiger partial charge is 0.221 e. The zero-order valence-corrected chi connectivity index (χ0v) is 18.7. The number of benzene rings is 1. The third-order valence-electron chi connectivity index (χ3n) is 5.84. The minimum absolute atomic E-state index is 0.187. The highest BCUT2D eigenvalue weighted by atomic mass is 19.1. The Labute approximate surface area is 182 Å². The van der Waals surface area contributed by atoms with Gasteiger partial charge in [0.1, 0.15) is 11.6 Å². The lowest BCUT2D eigenvalue weighted by atomic mass is 10.1. The summed E-state index contributed by atoms with van der Waals surface area (Å²) in [6.45, 7) is 10.4. The van der Waals surface area contributed by atoms with Crippen molar-refractivity contribution in [3.63, 3.8) is 0 Å². The van der Waals surface area contributed by atoms with Crippen LogP contribution in [0.1, 0.15) is 43.2 Å². The van der Waals surface area contributed by atoms with E-state index in [0.717, 1.165) is 48.8 Å². The molecule has 3 aromatic rings. The fraction of sp³-hybridized carbons (Fsp3) is 0.360. The van der Waals surface area contributed by atoms with Gasteiger partial charge in [0, 0.05) is 35.6 Å². The minimum Gasteiger partial charge on any atom is -0.442 e. The highest BCUT2D eigenvalue weighted by Crippen LogP contribution is 2.26. The van der Waals surface area contributed by atoms with Gasteiger partial charge in [-0.2, -0.15) is 5.10 Å². The monoisotopic (exact) mass is 420 g/mol. The van der Waals surface area contributed by atoms with Crippen LogP contribution in [-0.4, -0.2) is 32.8 Å². The number of oxazole rings is 1. The molecule has 0 fully saturated rings. The highest BCUT2D eigenvalue weighted by Gasteiger charge is 2.19. The molecule has 4 rings (SSSR count). The van der Waals surface area contributed by atoms with Gasteiger partial charge in [-0.25, -0.2) is 9.37 Å². The summed E-state index contributed by atoms with van der Waals surface area (Å²) in [5.74, 6) is 1.39. The predicted octanol–water partition coefficient (Wildman–Crippen LogP) is 5.55. The van der Waals surface area contributed by atoms with Gasteiger partial charge in [0.05, 0.1) is 18.4 Å². The number of allylic oxidation sites excluding steroid dienone is 2. The van der Waals surface area contributed by atoms with Crippen LogP contribution in [0.25, 0.3) is 16.8 Å². The summed E-state index contributed by atoms with van der Waals surface area (Å²) in [7, 11) is 0. The van der Waals surface area contributed by atoms with E-state index in [1.807, 2.05) is 13.0 Å². The van der Waals surface area contributed by atoms with Crippen LogP contribution < -0.4 is 0 Å². The Balaban J connectivity index is 1.52. The van der Waals surface area contributed by atoms with E-state index in [-0.39, 0.29) is 5.82 Å². The van der Waals surface area contributed by atoms with Gasteiger partial charge in [-0.15, -0.1) is 0 Å². The van der Waals surface area contributed by atoms with Gasteiger partial charge in [0.15, 0.2) is 0 Å². The summed E-state index contributed by atoms with van der Waals surface area (Å²) in [6.07, 6.45) is 7.92. The van der Waals surface area contributed by atoms with Crippen LogP contribution >= 0.6 is 0 Å². The summed E-state index contributed by atoms with van der Waals surface area (Å²) in [5.41, 5.74) is 6.04. The first-order chi connectivity index (χ1) is 15.0. The van der Waals surface area contributed by atoms with Crippen LogP contribution in [0.2, 0.25) is 0 Å². The maximum atomic E-state index is 13.7. The van der Waals surface area contributed by atoms with E-state index in [1.165, 1.54) is 23.0 Å². The van der Waals surface area contributed by atoms with Crippen molar-refractivity contribution in [1.29, 1.82) is 0 Å². The molecular formula is C25H29FN4O. The SMILES string of the molecule is C/C=C(\Cn1nc(-c2ccc(F)c(C)c2)cc1CC)N1CC=C(c2ncc(C)o2)CC1. The van der Waals surface area contributed by atoms with Crippen LogP contribution in [0, 0.1) is 19.7 Å². The second-order valence-electron chi connectivity index (χ2n) is 7.98. The molecule has 0 saturated carbocycles. The lowest BCUT2D eigenvalue weighted by Gasteiger charge is -2.30. The Hall–Kier alpha value is -3.15. The molecule has 0 amide bonds. The second-order valence-corrected chi connectivity index (χ2v) is 7.98. The molecule has 2 aromatic heterocycles. The Kier molecular flexibility index (Phi) is 6.07. The summed E-state index contributed by atoms with van der Waals surface area (Å²) < 4.78 is 21.4. The van der Waals surface area contributed by atoms with E-state index >= 15 is 0 Å². The van der Waals surface area contributed by atoms with Crippen LogP contribution in [0.4, 0.5) is 4.39 Å². The van der Waals surface area contributed by atoms with Crippen molar-refractivity contribution in [3.05, 3.63) is 77.0 Å². The van der Waals surface area contributed by atoms with Crippen LogP contribution in [-0.2, 0) is 13.0 Å². The van der Waals surface area contributed by atoms with Crippen molar-refractivity contribution < 1.29 is 8.81 Å². The molecule has 0 radical (unpaired) electrons. The molecule has 162 valence electrons. The Bertz CT molecular complexity index is 1140. The second kappa shape index (κ2) is 8.92. The van der Waals surface area contributed by atoms with Gasteiger partial charge in [0.25, 0.3) is 0 Å². The molecule has 0 saturated heterocycles. The van der Waals surface area contributed by atoms with Crippen LogP contribution in [0.15, 0.2) is 52.7 Å². The minimum atomic E-state index is -0.187.